The van der Waals surface area contributed by atoms with Gasteiger partial charge in [-0.05, 0) is 12.8 Å². The van der Waals surface area contributed by atoms with Crippen LogP contribution in [0.3, 0.4) is 0 Å². The van der Waals surface area contributed by atoms with Crippen molar-refractivity contribution in [1.29, 1.82) is 0 Å². The first-order valence-corrected chi connectivity index (χ1v) is 9.08. The van der Waals surface area contributed by atoms with Crippen molar-refractivity contribution in [3.05, 3.63) is 59.7 Å². The fourth-order valence-electron chi connectivity index (χ4n) is 3.23. The average molecular weight is 438 g/mol. The monoisotopic (exact) mass is 437 g/mol. The van der Waals surface area contributed by atoms with Crippen LogP contribution in [0.1, 0.15) is 36.0 Å². The van der Waals surface area contributed by atoms with Gasteiger partial charge in [0.1, 0.15) is 18.1 Å². The molecule has 7 nitrogen and oxygen atoms in total. The average Bonchev–Trinajstić information content (AvgIpc) is 3.14. The van der Waals surface area contributed by atoms with Crippen molar-refractivity contribution in [2.75, 3.05) is 12.4 Å². The summed E-state index contributed by atoms with van der Waals surface area (Å²) in [7, 11) is 1.64. The second kappa shape index (κ2) is 10.5. The molecule has 0 atom stereocenters. The molecule has 0 amide bonds. The number of rotatable bonds is 7. The van der Waals surface area contributed by atoms with Gasteiger partial charge in [-0.1, -0.05) is 35.5 Å². The lowest BCUT2D eigenvalue weighted by Gasteiger charge is -2.32. The van der Waals surface area contributed by atoms with Crippen LogP contribution in [-0.4, -0.2) is 28.3 Å². The van der Waals surface area contributed by atoms with E-state index >= 15 is 0 Å². The van der Waals surface area contributed by atoms with Gasteiger partial charge in [0.15, 0.2) is 11.6 Å². The van der Waals surface area contributed by atoms with Gasteiger partial charge < -0.3 is 20.3 Å². The molecule has 0 bridgehead atoms. The summed E-state index contributed by atoms with van der Waals surface area (Å²) in [4.78, 5) is 9.13. The lowest BCUT2D eigenvalue weighted by atomic mass is 9.78. The molecule has 29 heavy (non-hydrogen) atoms. The van der Waals surface area contributed by atoms with Gasteiger partial charge >= 0.3 is 0 Å². The highest BCUT2D eigenvalue weighted by Crippen LogP contribution is 2.35. The first-order chi connectivity index (χ1) is 13.2. The third-order valence-electron chi connectivity index (χ3n) is 4.73. The van der Waals surface area contributed by atoms with Crippen LogP contribution < -0.4 is 11.1 Å². The summed E-state index contributed by atoms with van der Waals surface area (Å²) in [6.07, 6.45) is 1.93. The number of benzene rings is 1. The molecule has 0 radical (unpaired) electrons. The van der Waals surface area contributed by atoms with E-state index in [4.69, 9.17) is 15.0 Å². The van der Waals surface area contributed by atoms with E-state index in [-0.39, 0.29) is 30.9 Å². The largest absolute Gasteiger partial charge is 0.377 e. The number of nitrogens with two attached hydrogens (primary N) is 1. The van der Waals surface area contributed by atoms with Gasteiger partial charge in [0.25, 0.3) is 0 Å². The number of halogens is 2. The molecule has 1 fully saturated rings. The normalized spacial score (nSPS) is 17.6. The van der Waals surface area contributed by atoms with Gasteiger partial charge in [0, 0.05) is 42.5 Å². The maximum Gasteiger partial charge on any atom is 0.156 e. The van der Waals surface area contributed by atoms with Crippen molar-refractivity contribution < 1.29 is 9.26 Å². The van der Waals surface area contributed by atoms with E-state index in [1.165, 1.54) is 0 Å². The van der Waals surface area contributed by atoms with Gasteiger partial charge in [-0.2, -0.15) is 0 Å². The van der Waals surface area contributed by atoms with Crippen LogP contribution in [0.5, 0.6) is 0 Å². The van der Waals surface area contributed by atoms with Crippen molar-refractivity contribution in [3.63, 3.8) is 0 Å². The summed E-state index contributed by atoms with van der Waals surface area (Å²) in [5, 5.41) is 7.45. The summed E-state index contributed by atoms with van der Waals surface area (Å²) in [5.41, 5.74) is 8.79. The zero-order chi connectivity index (χ0) is 18.6. The van der Waals surface area contributed by atoms with E-state index < -0.39 is 0 Å². The van der Waals surface area contributed by atoms with Crippen molar-refractivity contribution in [2.45, 2.75) is 38.0 Å². The van der Waals surface area contributed by atoms with E-state index in [0.29, 0.717) is 24.9 Å². The highest BCUT2D eigenvalue weighted by Gasteiger charge is 2.29. The Morgan fingerprint density at radius 2 is 1.90 bits per heavy atom. The van der Waals surface area contributed by atoms with Crippen molar-refractivity contribution in [3.8, 4) is 11.3 Å². The summed E-state index contributed by atoms with van der Waals surface area (Å²) in [6.45, 7) is 0.870. The van der Waals surface area contributed by atoms with E-state index in [0.717, 1.165) is 41.4 Å². The van der Waals surface area contributed by atoms with Crippen LogP contribution in [0.15, 0.2) is 47.0 Å². The van der Waals surface area contributed by atoms with Crippen LogP contribution in [0, 0.1) is 0 Å². The second-order valence-electron chi connectivity index (χ2n) is 6.85. The first-order valence-electron chi connectivity index (χ1n) is 9.08. The smallest absolute Gasteiger partial charge is 0.156 e. The molecule has 3 N–H and O–H groups in total. The van der Waals surface area contributed by atoms with Gasteiger partial charge in [0.2, 0.25) is 0 Å². The van der Waals surface area contributed by atoms with Gasteiger partial charge in [-0.25, -0.2) is 9.97 Å². The Labute approximate surface area is 182 Å². The molecule has 0 unspecified atom stereocenters. The highest BCUT2D eigenvalue weighted by molar-refractivity contribution is 5.85. The number of hydrogen-bond donors (Lipinski definition) is 2. The fraction of sp³-hybridized carbons (Fsp3) is 0.350. The van der Waals surface area contributed by atoms with Gasteiger partial charge in [-0.15, -0.1) is 24.8 Å². The molecule has 1 aromatic carbocycles. The zero-order valence-corrected chi connectivity index (χ0v) is 17.7. The van der Waals surface area contributed by atoms with E-state index in [2.05, 4.69) is 20.4 Å². The fourth-order valence-corrected chi connectivity index (χ4v) is 3.23. The molecule has 0 spiro atoms. The summed E-state index contributed by atoms with van der Waals surface area (Å²) < 4.78 is 10.6. The number of hydrogen-bond acceptors (Lipinski definition) is 7. The van der Waals surface area contributed by atoms with Crippen molar-refractivity contribution >= 4 is 30.6 Å². The van der Waals surface area contributed by atoms with Crippen LogP contribution in [0.4, 0.5) is 5.82 Å². The summed E-state index contributed by atoms with van der Waals surface area (Å²) >= 11 is 0. The molecule has 2 heterocycles. The molecule has 1 saturated carbocycles. The second-order valence-corrected chi connectivity index (χ2v) is 6.85. The minimum absolute atomic E-state index is 0. The Kier molecular flexibility index (Phi) is 8.40. The van der Waals surface area contributed by atoms with Gasteiger partial charge in [-0.3, -0.25) is 0 Å². The predicted molar refractivity (Wildman–Crippen MR) is 116 cm³/mol. The highest BCUT2D eigenvalue weighted by atomic mass is 35.5. The molecule has 0 saturated heterocycles. The molecule has 3 aromatic rings. The molecule has 1 aliphatic rings. The Hall–Kier alpha value is -2.19. The van der Waals surface area contributed by atoms with E-state index in [1.54, 1.807) is 7.11 Å². The Balaban J connectivity index is 0.00000150. The number of nitrogens with one attached hydrogen (secondary N) is 1. The molecule has 0 aliphatic heterocycles. The number of ether oxygens (including phenoxy) is 1. The predicted octanol–water partition coefficient (Wildman–Crippen LogP) is 3.94. The molecule has 9 heteroatoms. The maximum atomic E-state index is 5.92. The third kappa shape index (κ3) is 5.67. The number of anilines is 1. The van der Waals surface area contributed by atoms with Crippen molar-refractivity contribution in [1.82, 2.24) is 15.1 Å². The quantitative estimate of drug-likeness (QED) is 0.577. The lowest BCUT2D eigenvalue weighted by molar-refractivity contribution is 0.177. The first kappa shape index (κ1) is 23.1. The van der Waals surface area contributed by atoms with E-state index in [1.807, 2.05) is 42.5 Å². The summed E-state index contributed by atoms with van der Waals surface area (Å²) in [5.74, 6) is 2.56. The molecule has 2 aromatic heterocycles. The standard InChI is InChI=1S/C20H23N5O2.2ClH/c1-26-12-20-23-17(14-7-15(21)8-14)10-19(24-20)22-11-16-9-18(25-27-16)13-5-3-2-4-6-13;;/h2-6,9-10,14-15H,7-8,11-12,21H2,1H3,(H,22,23,24);2*1H. The Bertz CT molecular complexity index is 901. The Morgan fingerprint density at radius 3 is 2.59 bits per heavy atom. The molecular weight excluding hydrogens is 413 g/mol. The minimum Gasteiger partial charge on any atom is -0.377 e. The van der Waals surface area contributed by atoms with Crippen molar-refractivity contribution in [2.24, 2.45) is 5.73 Å². The summed E-state index contributed by atoms with van der Waals surface area (Å²) in [6, 6.07) is 14.2. The number of aromatic nitrogens is 3. The van der Waals surface area contributed by atoms with Gasteiger partial charge in [0.05, 0.1) is 6.54 Å². The molecule has 4 rings (SSSR count). The zero-order valence-electron chi connectivity index (χ0n) is 16.1. The third-order valence-corrected chi connectivity index (χ3v) is 4.73. The number of methoxy groups -OCH3 is 1. The maximum absolute atomic E-state index is 5.92. The van der Waals surface area contributed by atoms with Crippen LogP contribution in [0.2, 0.25) is 0 Å². The molecular formula is C20H25Cl2N5O2. The topological polar surface area (TPSA) is 99.1 Å². The van der Waals surface area contributed by atoms with Crippen LogP contribution in [0.25, 0.3) is 11.3 Å². The molecule has 1 aliphatic carbocycles. The lowest BCUT2D eigenvalue weighted by Crippen LogP contribution is -2.35. The number of nitrogens with zero attached hydrogens (tertiary/aromatic N) is 3. The van der Waals surface area contributed by atoms with E-state index in [9.17, 15) is 0 Å². The SMILES string of the molecule is COCc1nc(NCc2cc(-c3ccccc3)no2)cc(C2CC(N)C2)n1.Cl.Cl. The van der Waals surface area contributed by atoms with Crippen LogP contribution >= 0.6 is 24.8 Å². The Morgan fingerprint density at radius 1 is 1.14 bits per heavy atom. The molecule has 156 valence electrons. The minimum atomic E-state index is 0. The van der Waals surface area contributed by atoms with Crippen LogP contribution in [-0.2, 0) is 17.9 Å².